The minimum absolute atomic E-state index is 0.0100. The van der Waals surface area contributed by atoms with E-state index in [1.165, 1.54) is 4.90 Å². The topological polar surface area (TPSA) is 52.7 Å². The summed E-state index contributed by atoms with van der Waals surface area (Å²) in [6, 6.07) is 6.88. The van der Waals surface area contributed by atoms with Crippen LogP contribution >= 0.6 is 34.8 Å². The molecule has 0 aromatic heterocycles. The number of anilines is 1. The number of nitrogens with one attached hydrogen (secondary N) is 1. The number of hydrogen-bond donors (Lipinski definition) is 1. The van der Waals surface area contributed by atoms with Crippen LogP contribution in [0.3, 0.4) is 0 Å². The summed E-state index contributed by atoms with van der Waals surface area (Å²) in [5, 5.41) is 2.80. The van der Waals surface area contributed by atoms with Crippen molar-refractivity contribution in [1.29, 1.82) is 0 Å². The summed E-state index contributed by atoms with van der Waals surface area (Å²) in [4.78, 5) is 27.1. The molecule has 3 amide bonds. The largest absolute Gasteiger partial charge is 0.327 e. The monoisotopic (exact) mass is 445 g/mol. The van der Waals surface area contributed by atoms with Crippen LogP contribution in [0.25, 0.3) is 0 Å². The molecule has 2 aromatic rings. The summed E-state index contributed by atoms with van der Waals surface area (Å²) in [7, 11) is 0. The number of rotatable bonds is 3. The molecular formula is C18H12Cl3F2N3O2. The maximum atomic E-state index is 13.8. The Kier molecular flexibility index (Phi) is 6.07. The molecule has 1 N–H and O–H groups in total. The Labute approximate surface area is 174 Å². The van der Waals surface area contributed by atoms with Gasteiger partial charge in [0.1, 0.15) is 23.3 Å². The molecule has 1 heterocycles. The molecule has 0 unspecified atom stereocenters. The summed E-state index contributed by atoms with van der Waals surface area (Å²) < 4.78 is 26.8. The highest BCUT2D eigenvalue weighted by Gasteiger charge is 2.29. The molecule has 28 heavy (non-hydrogen) atoms. The summed E-state index contributed by atoms with van der Waals surface area (Å²) in [5.41, 5.74) is 0.281. The van der Waals surface area contributed by atoms with Crippen LogP contribution in [-0.4, -0.2) is 28.4 Å². The third-order valence-electron chi connectivity index (χ3n) is 3.93. The van der Waals surface area contributed by atoms with E-state index in [4.69, 9.17) is 34.8 Å². The molecule has 0 radical (unpaired) electrons. The molecule has 2 aromatic carbocycles. The van der Waals surface area contributed by atoms with E-state index in [2.05, 4.69) is 5.32 Å². The Morgan fingerprint density at radius 1 is 1.11 bits per heavy atom. The molecule has 0 saturated carbocycles. The number of carbonyl (C=O) groups excluding carboxylic acids is 2. The van der Waals surface area contributed by atoms with Gasteiger partial charge in [0.2, 0.25) is 0 Å². The van der Waals surface area contributed by atoms with Crippen molar-refractivity contribution in [3.63, 3.8) is 0 Å². The van der Waals surface area contributed by atoms with Gasteiger partial charge in [0.25, 0.3) is 5.91 Å². The molecule has 1 aliphatic heterocycles. The van der Waals surface area contributed by atoms with Gasteiger partial charge < -0.3 is 10.2 Å². The lowest BCUT2D eigenvalue weighted by Gasteiger charge is -2.33. The second kappa shape index (κ2) is 8.34. The molecular weight excluding hydrogens is 435 g/mol. The van der Waals surface area contributed by atoms with Crippen molar-refractivity contribution >= 4 is 52.4 Å². The van der Waals surface area contributed by atoms with Crippen molar-refractivity contribution in [2.75, 3.05) is 12.0 Å². The zero-order chi connectivity index (χ0) is 20.4. The second-order valence-corrected chi connectivity index (χ2v) is 7.07. The Bertz CT molecular complexity index is 964. The van der Waals surface area contributed by atoms with Gasteiger partial charge in [-0.15, -0.1) is 0 Å². The summed E-state index contributed by atoms with van der Waals surface area (Å²) in [6.07, 6.45) is 1.13. The van der Waals surface area contributed by atoms with Crippen molar-refractivity contribution in [3.8, 4) is 0 Å². The van der Waals surface area contributed by atoms with Gasteiger partial charge in [-0.25, -0.2) is 13.6 Å². The van der Waals surface area contributed by atoms with Crippen molar-refractivity contribution in [2.24, 2.45) is 0 Å². The summed E-state index contributed by atoms with van der Waals surface area (Å²) in [6.45, 7) is -0.165. The molecule has 0 atom stereocenters. The standard InChI is InChI=1S/C18H12Cl3F2N3O2/c19-12-2-1-3-13(20)11(12)7-25-9-26(8-14(21)17(25)27)18(28)24-16-5-4-10(22)6-15(16)23/h1-6,8H,7,9H2,(H,24,28). The maximum Gasteiger partial charge on any atom is 0.327 e. The SMILES string of the molecule is O=C(Nc1ccc(F)cc1F)N1C=C(Cl)C(=O)N(Cc2c(Cl)cccc2Cl)C1. The van der Waals surface area contributed by atoms with E-state index in [0.29, 0.717) is 21.7 Å². The first-order valence-corrected chi connectivity index (χ1v) is 9.02. The van der Waals surface area contributed by atoms with Crippen LogP contribution in [0.4, 0.5) is 19.3 Å². The van der Waals surface area contributed by atoms with Crippen LogP contribution in [0.1, 0.15) is 5.56 Å². The van der Waals surface area contributed by atoms with Crippen molar-refractivity contribution < 1.29 is 18.4 Å². The van der Waals surface area contributed by atoms with E-state index in [9.17, 15) is 18.4 Å². The number of halogens is 5. The van der Waals surface area contributed by atoms with E-state index in [-0.39, 0.29) is 23.9 Å². The Morgan fingerprint density at radius 3 is 2.43 bits per heavy atom. The normalized spacial score (nSPS) is 14.2. The van der Waals surface area contributed by atoms with Gasteiger partial charge in [-0.2, -0.15) is 0 Å². The molecule has 0 spiro atoms. The minimum atomic E-state index is -0.934. The summed E-state index contributed by atoms with van der Waals surface area (Å²) in [5.74, 6) is -2.23. The van der Waals surface area contributed by atoms with E-state index >= 15 is 0 Å². The van der Waals surface area contributed by atoms with Gasteiger partial charge in [-0.3, -0.25) is 9.69 Å². The van der Waals surface area contributed by atoms with Gasteiger partial charge >= 0.3 is 6.03 Å². The highest BCUT2D eigenvalue weighted by molar-refractivity contribution is 6.42. The predicted octanol–water partition coefficient (Wildman–Crippen LogP) is 5.19. The van der Waals surface area contributed by atoms with Gasteiger partial charge in [0, 0.05) is 27.9 Å². The van der Waals surface area contributed by atoms with Crippen LogP contribution < -0.4 is 5.32 Å². The quantitative estimate of drug-likeness (QED) is 0.706. The molecule has 0 aliphatic carbocycles. The van der Waals surface area contributed by atoms with Crippen molar-refractivity contribution in [3.05, 3.63) is 74.9 Å². The van der Waals surface area contributed by atoms with Gasteiger partial charge in [0.15, 0.2) is 0 Å². The molecule has 5 nitrogen and oxygen atoms in total. The average molecular weight is 447 g/mol. The van der Waals surface area contributed by atoms with Crippen molar-refractivity contribution in [1.82, 2.24) is 9.80 Å². The molecule has 0 bridgehead atoms. The highest BCUT2D eigenvalue weighted by Crippen LogP contribution is 2.28. The fraction of sp³-hybridized carbons (Fsp3) is 0.111. The minimum Gasteiger partial charge on any atom is -0.315 e. The fourth-order valence-electron chi connectivity index (χ4n) is 2.53. The first-order valence-electron chi connectivity index (χ1n) is 7.88. The number of nitrogens with zero attached hydrogens (tertiary/aromatic N) is 2. The number of carbonyl (C=O) groups is 2. The van der Waals surface area contributed by atoms with Crippen LogP contribution in [0.2, 0.25) is 10.0 Å². The zero-order valence-corrected chi connectivity index (χ0v) is 16.3. The maximum absolute atomic E-state index is 13.8. The Morgan fingerprint density at radius 2 is 1.79 bits per heavy atom. The second-order valence-electron chi connectivity index (χ2n) is 5.85. The molecule has 10 heteroatoms. The van der Waals surface area contributed by atoms with Gasteiger partial charge in [0.05, 0.1) is 12.2 Å². The zero-order valence-electron chi connectivity index (χ0n) is 14.1. The fourth-order valence-corrected chi connectivity index (χ4v) is 3.28. The average Bonchev–Trinajstić information content (AvgIpc) is 2.63. The summed E-state index contributed by atoms with van der Waals surface area (Å²) >= 11 is 18.2. The van der Waals surface area contributed by atoms with Crippen LogP contribution in [0.5, 0.6) is 0 Å². The first-order chi connectivity index (χ1) is 13.3. The number of amides is 3. The highest BCUT2D eigenvalue weighted by atomic mass is 35.5. The molecule has 3 rings (SSSR count). The molecule has 0 fully saturated rings. The third-order valence-corrected chi connectivity index (χ3v) is 4.90. The smallest absolute Gasteiger partial charge is 0.315 e. The third kappa shape index (κ3) is 4.38. The Balaban J connectivity index is 1.79. The lowest BCUT2D eigenvalue weighted by atomic mass is 10.2. The van der Waals surface area contributed by atoms with Gasteiger partial charge in [-0.05, 0) is 24.3 Å². The molecule has 0 saturated heterocycles. The number of hydrogen-bond acceptors (Lipinski definition) is 2. The number of urea groups is 1. The van der Waals surface area contributed by atoms with Crippen LogP contribution in [0, 0.1) is 11.6 Å². The lowest BCUT2D eigenvalue weighted by Crippen LogP contribution is -2.47. The van der Waals surface area contributed by atoms with Crippen LogP contribution in [0.15, 0.2) is 47.6 Å². The Hall–Kier alpha value is -2.35. The first kappa shape index (κ1) is 20.4. The predicted molar refractivity (Wildman–Crippen MR) is 103 cm³/mol. The number of benzene rings is 2. The van der Waals surface area contributed by atoms with E-state index < -0.39 is 23.6 Å². The molecule has 1 aliphatic rings. The van der Waals surface area contributed by atoms with E-state index in [1.807, 2.05) is 0 Å². The van der Waals surface area contributed by atoms with Crippen molar-refractivity contribution in [2.45, 2.75) is 6.54 Å². The molecule has 146 valence electrons. The van der Waals surface area contributed by atoms with E-state index in [1.54, 1.807) is 18.2 Å². The lowest BCUT2D eigenvalue weighted by molar-refractivity contribution is -0.129. The van der Waals surface area contributed by atoms with E-state index in [0.717, 1.165) is 23.2 Å². The van der Waals surface area contributed by atoms with Crippen LogP contribution in [-0.2, 0) is 11.3 Å². The van der Waals surface area contributed by atoms with Gasteiger partial charge in [-0.1, -0.05) is 40.9 Å².